The molecule has 0 aliphatic rings. The second-order valence-corrected chi connectivity index (χ2v) is 2.92. The second kappa shape index (κ2) is 5.01. The van der Waals surface area contributed by atoms with Crippen LogP contribution in [0.1, 0.15) is 10.4 Å². The fourth-order valence-electron chi connectivity index (χ4n) is 0.974. The lowest BCUT2D eigenvalue weighted by Crippen LogP contribution is -2.34. The van der Waals surface area contributed by atoms with E-state index >= 15 is 0 Å². The number of aliphatic carboxylic acids is 1. The lowest BCUT2D eigenvalue weighted by atomic mass is 10.1. The Bertz CT molecular complexity index is 427. The summed E-state index contributed by atoms with van der Waals surface area (Å²) in [6, 6.07) is 4.72. The van der Waals surface area contributed by atoms with Crippen molar-refractivity contribution in [1.82, 2.24) is 5.32 Å². The van der Waals surface area contributed by atoms with Crippen molar-refractivity contribution in [3.8, 4) is 0 Å². The lowest BCUT2D eigenvalue weighted by molar-refractivity contribution is -0.150. The first kappa shape index (κ1) is 11.8. The quantitative estimate of drug-likeness (QED) is 0.569. The summed E-state index contributed by atoms with van der Waals surface area (Å²) >= 11 is 0. The molecule has 0 bridgehead atoms. The van der Waals surface area contributed by atoms with Gasteiger partial charge in [-0.15, -0.1) is 0 Å². The predicted octanol–water partition coefficient (Wildman–Crippen LogP) is 0.209. The molecule has 0 fully saturated rings. The summed E-state index contributed by atoms with van der Waals surface area (Å²) in [5.74, 6) is -3.89. The smallest absolute Gasteiger partial charge is 0.394 e. The van der Waals surface area contributed by atoms with Gasteiger partial charge in [-0.2, -0.15) is 0 Å². The van der Waals surface area contributed by atoms with Gasteiger partial charge >= 0.3 is 11.9 Å². The molecule has 0 aliphatic carbocycles. The number of carboxylic acids is 1. The van der Waals surface area contributed by atoms with Crippen molar-refractivity contribution in [3.63, 3.8) is 0 Å². The Morgan fingerprint density at radius 2 is 1.75 bits per heavy atom. The van der Waals surface area contributed by atoms with Crippen LogP contribution in [0, 0.1) is 5.82 Å². The second-order valence-electron chi connectivity index (χ2n) is 2.92. The zero-order valence-corrected chi connectivity index (χ0v) is 8.07. The topological polar surface area (TPSA) is 83.5 Å². The first-order valence-corrected chi connectivity index (χ1v) is 4.30. The van der Waals surface area contributed by atoms with Crippen LogP contribution in [-0.2, 0) is 9.59 Å². The summed E-state index contributed by atoms with van der Waals surface area (Å²) in [4.78, 5) is 32.1. The third-order valence-electron chi connectivity index (χ3n) is 1.77. The van der Waals surface area contributed by atoms with Crippen molar-refractivity contribution < 1.29 is 23.9 Å². The van der Waals surface area contributed by atoms with Gasteiger partial charge < -0.3 is 10.4 Å². The highest BCUT2D eigenvalue weighted by Gasteiger charge is 2.13. The number of carbonyl (C=O) groups excluding carboxylic acids is 2. The minimum absolute atomic E-state index is 0.201. The van der Waals surface area contributed by atoms with E-state index in [4.69, 9.17) is 5.11 Å². The van der Waals surface area contributed by atoms with Crippen LogP contribution >= 0.6 is 0 Å². The number of carboxylic acid groups (broad SMARTS) is 1. The van der Waals surface area contributed by atoms with Crippen LogP contribution in [0.4, 0.5) is 4.39 Å². The van der Waals surface area contributed by atoms with Crippen molar-refractivity contribution in [2.24, 2.45) is 0 Å². The predicted molar refractivity (Wildman–Crippen MR) is 51.4 cm³/mol. The molecule has 0 saturated heterocycles. The molecule has 1 aromatic carbocycles. The number of hydrogen-bond acceptors (Lipinski definition) is 3. The van der Waals surface area contributed by atoms with Gasteiger partial charge in [-0.25, -0.2) is 9.18 Å². The van der Waals surface area contributed by atoms with E-state index in [0.717, 1.165) is 12.1 Å². The maximum absolute atomic E-state index is 12.5. The van der Waals surface area contributed by atoms with Crippen LogP contribution in [0.15, 0.2) is 24.3 Å². The van der Waals surface area contributed by atoms with Crippen molar-refractivity contribution >= 4 is 17.7 Å². The Morgan fingerprint density at radius 1 is 1.19 bits per heavy atom. The molecule has 0 heterocycles. The van der Waals surface area contributed by atoms with Crippen molar-refractivity contribution in [3.05, 3.63) is 35.6 Å². The third kappa shape index (κ3) is 3.16. The number of Topliss-reactive ketones (excluding diaryl/α,β-unsaturated/α-hetero) is 1. The normalized spacial score (nSPS) is 9.56. The largest absolute Gasteiger partial charge is 0.474 e. The van der Waals surface area contributed by atoms with Gasteiger partial charge in [0, 0.05) is 5.56 Å². The zero-order valence-electron chi connectivity index (χ0n) is 8.07. The summed E-state index contributed by atoms with van der Waals surface area (Å²) < 4.78 is 12.5. The van der Waals surface area contributed by atoms with Crippen LogP contribution in [-0.4, -0.2) is 29.3 Å². The molecule has 1 amide bonds. The molecule has 1 rings (SSSR count). The van der Waals surface area contributed by atoms with E-state index < -0.39 is 30.0 Å². The zero-order chi connectivity index (χ0) is 12.1. The van der Waals surface area contributed by atoms with Crippen LogP contribution in [0.2, 0.25) is 0 Å². The van der Waals surface area contributed by atoms with Gasteiger partial charge in [0.25, 0.3) is 0 Å². The minimum atomic E-state index is -1.66. The summed E-state index contributed by atoms with van der Waals surface area (Å²) in [5.41, 5.74) is 0.201. The number of hydrogen-bond donors (Lipinski definition) is 2. The van der Waals surface area contributed by atoms with Crippen molar-refractivity contribution in [2.75, 3.05) is 6.54 Å². The van der Waals surface area contributed by atoms with Gasteiger partial charge in [-0.3, -0.25) is 9.59 Å². The molecular formula is C10H8FNO4. The molecule has 0 aromatic heterocycles. The number of rotatable bonds is 3. The van der Waals surface area contributed by atoms with E-state index in [-0.39, 0.29) is 5.56 Å². The number of carbonyl (C=O) groups is 3. The molecule has 0 unspecified atom stereocenters. The first-order chi connectivity index (χ1) is 7.50. The molecule has 5 nitrogen and oxygen atoms in total. The minimum Gasteiger partial charge on any atom is -0.474 e. The summed E-state index contributed by atoms with van der Waals surface area (Å²) in [6.45, 7) is -0.434. The molecule has 0 radical (unpaired) electrons. The summed E-state index contributed by atoms with van der Waals surface area (Å²) in [6.07, 6.45) is 0. The van der Waals surface area contributed by atoms with Crippen LogP contribution in [0.5, 0.6) is 0 Å². The number of benzene rings is 1. The Balaban J connectivity index is 2.56. The fourth-order valence-corrected chi connectivity index (χ4v) is 0.974. The molecule has 0 atom stereocenters. The Morgan fingerprint density at radius 3 is 2.25 bits per heavy atom. The highest BCUT2D eigenvalue weighted by atomic mass is 19.1. The van der Waals surface area contributed by atoms with E-state index in [9.17, 15) is 18.8 Å². The highest BCUT2D eigenvalue weighted by molar-refractivity contribution is 6.32. The average Bonchev–Trinajstić information content (AvgIpc) is 2.26. The maximum Gasteiger partial charge on any atom is 0.394 e. The summed E-state index contributed by atoms with van der Waals surface area (Å²) in [5, 5.41) is 10.1. The molecule has 84 valence electrons. The Kier molecular flexibility index (Phi) is 3.71. The van der Waals surface area contributed by atoms with Gasteiger partial charge in [0.05, 0.1) is 6.54 Å². The number of amides is 1. The lowest BCUT2D eigenvalue weighted by Gasteiger charge is -2.01. The van der Waals surface area contributed by atoms with Crippen molar-refractivity contribution in [1.29, 1.82) is 0 Å². The van der Waals surface area contributed by atoms with Crippen LogP contribution < -0.4 is 5.32 Å². The highest BCUT2D eigenvalue weighted by Crippen LogP contribution is 2.02. The fraction of sp³-hybridized carbons (Fsp3) is 0.100. The summed E-state index contributed by atoms with van der Waals surface area (Å²) in [7, 11) is 0. The van der Waals surface area contributed by atoms with Crippen LogP contribution in [0.3, 0.4) is 0 Å². The van der Waals surface area contributed by atoms with Crippen LogP contribution in [0.25, 0.3) is 0 Å². The number of ketones is 1. The molecule has 1 aromatic rings. The number of nitrogens with one attached hydrogen (secondary N) is 1. The molecule has 0 saturated carbocycles. The molecule has 6 heteroatoms. The van der Waals surface area contributed by atoms with E-state index in [2.05, 4.69) is 0 Å². The van der Waals surface area contributed by atoms with Gasteiger partial charge in [-0.05, 0) is 24.3 Å². The Hall–Kier alpha value is -2.24. The first-order valence-electron chi connectivity index (χ1n) is 4.30. The van der Waals surface area contributed by atoms with E-state index in [1.807, 2.05) is 5.32 Å². The molecule has 2 N–H and O–H groups in total. The van der Waals surface area contributed by atoms with E-state index in [1.165, 1.54) is 12.1 Å². The SMILES string of the molecule is O=C(O)C(=O)NCC(=O)c1ccc(F)cc1. The van der Waals surface area contributed by atoms with Gasteiger partial charge in [0.2, 0.25) is 0 Å². The molecule has 0 spiro atoms. The molecule has 0 aliphatic heterocycles. The third-order valence-corrected chi connectivity index (χ3v) is 1.77. The average molecular weight is 225 g/mol. The van der Waals surface area contributed by atoms with Crippen molar-refractivity contribution in [2.45, 2.75) is 0 Å². The molecular weight excluding hydrogens is 217 g/mol. The number of halogens is 1. The van der Waals surface area contributed by atoms with Gasteiger partial charge in [0.1, 0.15) is 5.82 Å². The van der Waals surface area contributed by atoms with E-state index in [1.54, 1.807) is 0 Å². The maximum atomic E-state index is 12.5. The monoisotopic (exact) mass is 225 g/mol. The van der Waals surface area contributed by atoms with Gasteiger partial charge in [0.15, 0.2) is 5.78 Å². The Labute approximate surface area is 89.9 Å². The van der Waals surface area contributed by atoms with E-state index in [0.29, 0.717) is 0 Å². The van der Waals surface area contributed by atoms with Gasteiger partial charge in [-0.1, -0.05) is 0 Å². The standard InChI is InChI=1S/C10H8FNO4/c11-7-3-1-6(2-4-7)8(13)5-12-9(14)10(15)16/h1-4H,5H2,(H,12,14)(H,15,16). The molecule has 16 heavy (non-hydrogen) atoms.